The van der Waals surface area contributed by atoms with E-state index in [1.54, 1.807) is 19.1 Å². The van der Waals surface area contributed by atoms with Gasteiger partial charge >= 0.3 is 5.97 Å². The molecule has 0 aliphatic rings. The van der Waals surface area contributed by atoms with Crippen molar-refractivity contribution in [1.29, 1.82) is 0 Å². The Morgan fingerprint density at radius 2 is 2.05 bits per heavy atom. The maximum atomic E-state index is 11.9. The Morgan fingerprint density at radius 1 is 1.33 bits per heavy atom. The molecule has 21 heavy (non-hydrogen) atoms. The summed E-state index contributed by atoms with van der Waals surface area (Å²) in [5.41, 5.74) is 4.47. The van der Waals surface area contributed by atoms with E-state index in [1.165, 1.54) is 5.56 Å². The molecule has 112 valence electrons. The predicted octanol–water partition coefficient (Wildman–Crippen LogP) is 3.88. The van der Waals surface area contributed by atoms with Crippen molar-refractivity contribution in [3.63, 3.8) is 0 Å². The molecular formula is C16H19ClN2O2. The molecule has 1 heterocycles. The van der Waals surface area contributed by atoms with E-state index in [0.29, 0.717) is 17.2 Å². The number of aryl methyl sites for hydroxylation is 1. The van der Waals surface area contributed by atoms with Crippen LogP contribution in [0, 0.1) is 13.8 Å². The van der Waals surface area contributed by atoms with Gasteiger partial charge in [-0.1, -0.05) is 18.5 Å². The lowest BCUT2D eigenvalue weighted by molar-refractivity contribution is 0.0526. The van der Waals surface area contributed by atoms with E-state index in [-0.39, 0.29) is 0 Å². The third-order valence-corrected chi connectivity index (χ3v) is 3.81. The van der Waals surface area contributed by atoms with Gasteiger partial charge in [0.15, 0.2) is 0 Å². The van der Waals surface area contributed by atoms with E-state index in [1.807, 2.05) is 24.6 Å². The van der Waals surface area contributed by atoms with Crippen molar-refractivity contribution in [3.05, 3.63) is 45.7 Å². The fraction of sp³-hybridized carbons (Fsp3) is 0.375. The molecule has 0 N–H and O–H groups in total. The Kier molecular flexibility index (Phi) is 4.68. The van der Waals surface area contributed by atoms with Crippen LogP contribution in [0.1, 0.15) is 41.2 Å². The highest BCUT2D eigenvalue weighted by Gasteiger charge is 2.16. The summed E-state index contributed by atoms with van der Waals surface area (Å²) in [7, 11) is 0. The number of benzene rings is 1. The zero-order valence-electron chi connectivity index (χ0n) is 12.7. The average Bonchev–Trinajstić information content (AvgIpc) is 2.74. The molecule has 4 nitrogen and oxygen atoms in total. The fourth-order valence-corrected chi connectivity index (χ4v) is 2.64. The molecule has 0 atom stereocenters. The Morgan fingerprint density at radius 3 is 2.62 bits per heavy atom. The number of carbonyl (C=O) groups excluding carboxylic acids is 1. The highest BCUT2D eigenvalue weighted by Crippen LogP contribution is 2.23. The first-order chi connectivity index (χ1) is 9.99. The van der Waals surface area contributed by atoms with E-state index >= 15 is 0 Å². The van der Waals surface area contributed by atoms with E-state index < -0.39 is 5.97 Å². The van der Waals surface area contributed by atoms with Gasteiger partial charge in [-0.15, -0.1) is 0 Å². The zero-order valence-corrected chi connectivity index (χ0v) is 13.5. The molecule has 5 heteroatoms. The molecule has 0 fully saturated rings. The van der Waals surface area contributed by atoms with Crippen LogP contribution in [0.3, 0.4) is 0 Å². The molecule has 0 aliphatic carbocycles. The number of carbonyl (C=O) groups is 1. The summed E-state index contributed by atoms with van der Waals surface area (Å²) in [6.45, 7) is 8.21. The number of hydrogen-bond acceptors (Lipinski definition) is 3. The van der Waals surface area contributed by atoms with E-state index in [2.05, 4.69) is 12.0 Å². The maximum absolute atomic E-state index is 11.9. The van der Waals surface area contributed by atoms with E-state index in [9.17, 15) is 4.79 Å². The quantitative estimate of drug-likeness (QED) is 0.805. The summed E-state index contributed by atoms with van der Waals surface area (Å²) in [6, 6.07) is 5.27. The van der Waals surface area contributed by atoms with Crippen molar-refractivity contribution in [2.24, 2.45) is 0 Å². The third-order valence-electron chi connectivity index (χ3n) is 3.48. The van der Waals surface area contributed by atoms with Crippen LogP contribution >= 0.6 is 11.6 Å². The number of hydrogen-bond donors (Lipinski definition) is 0. The van der Waals surface area contributed by atoms with E-state index in [0.717, 1.165) is 23.5 Å². The van der Waals surface area contributed by atoms with Crippen molar-refractivity contribution < 1.29 is 9.53 Å². The smallest absolute Gasteiger partial charge is 0.339 e. The van der Waals surface area contributed by atoms with Gasteiger partial charge < -0.3 is 4.74 Å². The Labute approximate surface area is 129 Å². The van der Waals surface area contributed by atoms with Gasteiger partial charge in [-0.05, 0) is 51.0 Å². The van der Waals surface area contributed by atoms with Crippen molar-refractivity contribution in [2.45, 2.75) is 34.1 Å². The molecule has 2 aromatic rings. The molecule has 1 aromatic carbocycles. The predicted molar refractivity (Wildman–Crippen MR) is 83.4 cm³/mol. The maximum Gasteiger partial charge on any atom is 0.339 e. The Hall–Kier alpha value is -1.81. The lowest BCUT2D eigenvalue weighted by Crippen LogP contribution is -2.07. The minimum Gasteiger partial charge on any atom is -0.462 e. The molecule has 0 bridgehead atoms. The lowest BCUT2D eigenvalue weighted by atomic mass is 10.1. The summed E-state index contributed by atoms with van der Waals surface area (Å²) in [5.74, 6) is -0.415. The lowest BCUT2D eigenvalue weighted by Gasteiger charge is -2.09. The van der Waals surface area contributed by atoms with E-state index in [4.69, 9.17) is 16.3 Å². The number of ether oxygens (including phenoxy) is 1. The molecule has 1 aromatic heterocycles. The van der Waals surface area contributed by atoms with Crippen LogP contribution in [0.25, 0.3) is 5.69 Å². The molecular weight excluding hydrogens is 288 g/mol. The van der Waals surface area contributed by atoms with Crippen LogP contribution in [0.2, 0.25) is 5.02 Å². The second-order valence-electron chi connectivity index (χ2n) is 4.80. The molecule has 0 saturated carbocycles. The van der Waals surface area contributed by atoms with Gasteiger partial charge in [0.25, 0.3) is 0 Å². The number of aromatic nitrogens is 2. The van der Waals surface area contributed by atoms with Gasteiger partial charge in [0.2, 0.25) is 0 Å². The molecule has 0 radical (unpaired) electrons. The average molecular weight is 307 g/mol. The highest BCUT2D eigenvalue weighted by molar-refractivity contribution is 6.33. The largest absolute Gasteiger partial charge is 0.462 e. The third kappa shape index (κ3) is 2.95. The SMILES string of the molecule is CCOC(=O)c1cc(-n2nc(C)c(CC)c2C)ccc1Cl. The van der Waals surface area contributed by atoms with Crippen LogP contribution < -0.4 is 0 Å². The number of esters is 1. The summed E-state index contributed by atoms with van der Waals surface area (Å²) >= 11 is 6.09. The topological polar surface area (TPSA) is 44.1 Å². The van der Waals surface area contributed by atoms with Crippen LogP contribution in [-0.4, -0.2) is 22.4 Å². The monoisotopic (exact) mass is 306 g/mol. The normalized spacial score (nSPS) is 10.7. The number of rotatable bonds is 4. The Bertz CT molecular complexity index is 677. The van der Waals surface area contributed by atoms with Crippen LogP contribution in [-0.2, 0) is 11.2 Å². The first-order valence-corrected chi connectivity index (χ1v) is 7.39. The molecule has 0 amide bonds. The van der Waals surface area contributed by atoms with Gasteiger partial charge in [-0.2, -0.15) is 5.10 Å². The number of halogens is 1. The summed E-state index contributed by atoms with van der Waals surface area (Å²) in [6.07, 6.45) is 0.927. The highest BCUT2D eigenvalue weighted by atomic mass is 35.5. The second kappa shape index (κ2) is 6.31. The molecule has 0 aliphatic heterocycles. The van der Waals surface area contributed by atoms with Crippen molar-refractivity contribution in [1.82, 2.24) is 9.78 Å². The first-order valence-electron chi connectivity index (χ1n) is 7.01. The summed E-state index contributed by atoms with van der Waals surface area (Å²) in [4.78, 5) is 11.9. The molecule has 2 rings (SSSR count). The molecule has 0 spiro atoms. The van der Waals surface area contributed by atoms with Gasteiger partial charge in [0.1, 0.15) is 0 Å². The van der Waals surface area contributed by atoms with Crippen LogP contribution in [0.5, 0.6) is 0 Å². The van der Waals surface area contributed by atoms with Crippen molar-refractivity contribution in [2.75, 3.05) is 6.61 Å². The van der Waals surface area contributed by atoms with Crippen LogP contribution in [0.4, 0.5) is 0 Å². The number of nitrogens with zero attached hydrogens (tertiary/aromatic N) is 2. The van der Waals surface area contributed by atoms with Crippen LogP contribution in [0.15, 0.2) is 18.2 Å². The standard InChI is InChI=1S/C16H19ClN2O2/c1-5-13-10(3)18-19(11(13)4)12-7-8-15(17)14(9-12)16(20)21-6-2/h7-9H,5-6H2,1-4H3. The fourth-order valence-electron chi connectivity index (χ4n) is 2.45. The minimum absolute atomic E-state index is 0.319. The molecule has 0 unspecified atom stereocenters. The molecule has 0 saturated heterocycles. The van der Waals surface area contributed by atoms with Gasteiger partial charge in [0.05, 0.1) is 28.6 Å². The van der Waals surface area contributed by atoms with Gasteiger partial charge in [-0.3, -0.25) is 0 Å². The first kappa shape index (κ1) is 15.6. The van der Waals surface area contributed by atoms with Crippen molar-refractivity contribution in [3.8, 4) is 5.69 Å². The zero-order chi connectivity index (χ0) is 15.6. The van der Waals surface area contributed by atoms with Gasteiger partial charge in [0, 0.05) is 5.69 Å². The van der Waals surface area contributed by atoms with Gasteiger partial charge in [-0.25, -0.2) is 9.48 Å². The Balaban J connectivity index is 2.51. The summed E-state index contributed by atoms with van der Waals surface area (Å²) < 4.78 is 6.87. The minimum atomic E-state index is -0.415. The second-order valence-corrected chi connectivity index (χ2v) is 5.21. The van der Waals surface area contributed by atoms with Crippen molar-refractivity contribution >= 4 is 17.6 Å². The summed E-state index contributed by atoms with van der Waals surface area (Å²) in [5, 5.41) is 4.93.